The highest BCUT2D eigenvalue weighted by molar-refractivity contribution is 7.12. The monoisotopic (exact) mass is 480 g/mol. The summed E-state index contributed by atoms with van der Waals surface area (Å²) in [4.78, 5) is 34.0. The SMILES string of the molecule is Cc1cc(C)nc(-n2cc([C@@H]3NC(=O)N[C@@](O)(C(F)(F)F)[C@@H]3C(=O)c3cccs3)c(C)n2)n1. The van der Waals surface area contributed by atoms with Gasteiger partial charge in [-0.3, -0.25) is 4.79 Å². The fourth-order valence-corrected chi connectivity index (χ4v) is 4.57. The van der Waals surface area contributed by atoms with E-state index < -0.39 is 35.7 Å². The van der Waals surface area contributed by atoms with Crippen LogP contribution in [0.1, 0.15) is 38.4 Å². The molecule has 0 saturated carbocycles. The lowest BCUT2D eigenvalue weighted by molar-refractivity contribution is -0.287. The van der Waals surface area contributed by atoms with Gasteiger partial charge in [-0.05, 0) is 38.3 Å². The minimum Gasteiger partial charge on any atom is -0.363 e. The molecule has 0 spiro atoms. The molecule has 4 heterocycles. The zero-order valence-electron chi connectivity index (χ0n) is 17.6. The number of rotatable bonds is 4. The van der Waals surface area contributed by atoms with Crippen molar-refractivity contribution in [2.24, 2.45) is 5.92 Å². The maximum atomic E-state index is 14.0. The Kier molecular flexibility index (Phi) is 5.48. The molecule has 0 aliphatic carbocycles. The predicted molar refractivity (Wildman–Crippen MR) is 111 cm³/mol. The summed E-state index contributed by atoms with van der Waals surface area (Å²) in [6.07, 6.45) is -3.98. The van der Waals surface area contributed by atoms with Crippen LogP contribution in [0.3, 0.4) is 0 Å². The first-order valence-electron chi connectivity index (χ1n) is 9.75. The number of alkyl halides is 3. The van der Waals surface area contributed by atoms with Crippen molar-refractivity contribution in [3.63, 3.8) is 0 Å². The summed E-state index contributed by atoms with van der Waals surface area (Å²) >= 11 is 0.934. The standard InChI is InChI=1S/C20H19F3N6O3S/c1-9-7-10(2)25-17(24-9)29-8-12(11(3)28-29)15-14(16(30)13-5-4-6-33-13)19(32,20(21,22)23)27-18(31)26-15/h4-8,14-15,32H,1-3H3,(H2,26,27,31)/t14-,15-,19-/m0/s1. The Morgan fingerprint density at radius 2 is 1.91 bits per heavy atom. The summed E-state index contributed by atoms with van der Waals surface area (Å²) in [6.45, 7) is 5.02. The number of amides is 2. The number of carbonyl (C=O) groups excluding carboxylic acids is 2. The molecule has 0 aromatic carbocycles. The van der Waals surface area contributed by atoms with Crippen LogP contribution in [0.5, 0.6) is 0 Å². The first kappa shape index (κ1) is 22.9. The van der Waals surface area contributed by atoms with Crippen molar-refractivity contribution in [2.45, 2.75) is 38.7 Å². The summed E-state index contributed by atoms with van der Waals surface area (Å²) in [6, 6.07) is 1.81. The number of aryl methyl sites for hydroxylation is 3. The molecule has 1 saturated heterocycles. The zero-order chi connectivity index (χ0) is 24.1. The predicted octanol–water partition coefficient (Wildman–Crippen LogP) is 2.75. The molecule has 1 fully saturated rings. The highest BCUT2D eigenvalue weighted by Crippen LogP contribution is 2.44. The van der Waals surface area contributed by atoms with Crippen LogP contribution < -0.4 is 10.6 Å². The molecule has 33 heavy (non-hydrogen) atoms. The van der Waals surface area contributed by atoms with Crippen molar-refractivity contribution in [1.82, 2.24) is 30.4 Å². The third kappa shape index (κ3) is 3.97. The number of ketones is 1. The van der Waals surface area contributed by atoms with Crippen molar-refractivity contribution >= 4 is 23.2 Å². The average Bonchev–Trinajstić information content (AvgIpc) is 3.35. The number of carbonyl (C=O) groups is 2. The molecule has 174 valence electrons. The number of Topliss-reactive ketones (excluding diaryl/α,β-unsaturated/α-hetero) is 1. The second-order valence-electron chi connectivity index (χ2n) is 7.72. The molecule has 3 aromatic rings. The Balaban J connectivity index is 1.86. The summed E-state index contributed by atoms with van der Waals surface area (Å²) in [5.74, 6) is -2.92. The molecule has 1 aliphatic heterocycles. The number of halogens is 3. The van der Waals surface area contributed by atoms with Gasteiger partial charge in [0.1, 0.15) is 5.92 Å². The number of nitrogens with zero attached hydrogens (tertiary/aromatic N) is 4. The molecule has 9 nitrogen and oxygen atoms in total. The van der Waals surface area contributed by atoms with Gasteiger partial charge in [0.15, 0.2) is 5.78 Å². The van der Waals surface area contributed by atoms with Gasteiger partial charge in [-0.15, -0.1) is 11.3 Å². The van der Waals surface area contributed by atoms with Gasteiger partial charge in [0.2, 0.25) is 5.72 Å². The van der Waals surface area contributed by atoms with E-state index in [1.807, 2.05) is 0 Å². The summed E-state index contributed by atoms with van der Waals surface area (Å²) in [7, 11) is 0. The van der Waals surface area contributed by atoms with E-state index in [0.29, 0.717) is 11.4 Å². The number of urea groups is 1. The van der Waals surface area contributed by atoms with E-state index in [2.05, 4.69) is 20.4 Å². The highest BCUT2D eigenvalue weighted by atomic mass is 32.1. The Bertz CT molecular complexity index is 1210. The maximum absolute atomic E-state index is 14.0. The van der Waals surface area contributed by atoms with Crippen molar-refractivity contribution in [1.29, 1.82) is 0 Å². The maximum Gasteiger partial charge on any atom is 0.437 e. The molecule has 4 rings (SSSR count). The van der Waals surface area contributed by atoms with E-state index in [4.69, 9.17) is 0 Å². The molecule has 0 unspecified atom stereocenters. The number of nitrogens with one attached hydrogen (secondary N) is 2. The van der Waals surface area contributed by atoms with Gasteiger partial charge in [-0.1, -0.05) is 6.07 Å². The smallest absolute Gasteiger partial charge is 0.363 e. The highest BCUT2D eigenvalue weighted by Gasteiger charge is 2.66. The first-order chi connectivity index (χ1) is 15.4. The van der Waals surface area contributed by atoms with Crippen molar-refractivity contribution in [2.75, 3.05) is 0 Å². The minimum absolute atomic E-state index is 0.00770. The van der Waals surface area contributed by atoms with Gasteiger partial charge in [-0.25, -0.2) is 19.4 Å². The quantitative estimate of drug-likeness (QED) is 0.494. The lowest BCUT2D eigenvalue weighted by Gasteiger charge is -2.44. The fourth-order valence-electron chi connectivity index (χ4n) is 3.86. The van der Waals surface area contributed by atoms with E-state index in [9.17, 15) is 27.9 Å². The average molecular weight is 480 g/mol. The number of aromatic nitrogens is 4. The van der Waals surface area contributed by atoms with E-state index in [0.717, 1.165) is 11.3 Å². The third-order valence-corrected chi connectivity index (χ3v) is 6.18. The molecule has 3 aromatic heterocycles. The van der Waals surface area contributed by atoms with Gasteiger partial charge in [0.05, 0.1) is 16.6 Å². The fraction of sp³-hybridized carbons (Fsp3) is 0.350. The number of hydrogen-bond acceptors (Lipinski definition) is 7. The minimum atomic E-state index is -5.33. The molecule has 0 radical (unpaired) electrons. The van der Waals surface area contributed by atoms with E-state index in [1.54, 1.807) is 19.9 Å². The van der Waals surface area contributed by atoms with Crippen LogP contribution >= 0.6 is 11.3 Å². The van der Waals surface area contributed by atoms with Crippen molar-refractivity contribution < 1.29 is 27.9 Å². The van der Waals surface area contributed by atoms with Crippen LogP contribution in [0, 0.1) is 26.7 Å². The molecule has 0 bridgehead atoms. The molecule has 3 N–H and O–H groups in total. The summed E-state index contributed by atoms with van der Waals surface area (Å²) in [5, 5.41) is 20.3. The Hall–Kier alpha value is -3.32. The molecule has 13 heteroatoms. The lowest BCUT2D eigenvalue weighted by Crippen LogP contribution is -2.72. The Morgan fingerprint density at radius 1 is 1.24 bits per heavy atom. The van der Waals surface area contributed by atoms with Crippen molar-refractivity contribution in [3.8, 4) is 5.95 Å². The van der Waals surface area contributed by atoms with E-state index in [-0.39, 0.29) is 22.1 Å². The summed E-state index contributed by atoms with van der Waals surface area (Å²) in [5.41, 5.74) is -2.14. The largest absolute Gasteiger partial charge is 0.437 e. The topological polar surface area (TPSA) is 122 Å². The Morgan fingerprint density at radius 3 is 2.48 bits per heavy atom. The van der Waals surface area contributed by atoms with Gasteiger partial charge in [-0.2, -0.15) is 18.3 Å². The number of hydrogen-bond donors (Lipinski definition) is 3. The molecule has 2 amide bonds. The molecular weight excluding hydrogens is 461 g/mol. The van der Waals surface area contributed by atoms with E-state index in [1.165, 1.54) is 40.6 Å². The first-order valence-corrected chi connectivity index (χ1v) is 10.6. The Labute approximate surface area is 189 Å². The van der Waals surface area contributed by atoms with Gasteiger partial charge in [0, 0.05) is 23.1 Å². The lowest BCUT2D eigenvalue weighted by atomic mass is 9.79. The number of aliphatic hydroxyl groups is 1. The van der Waals surface area contributed by atoms with Crippen LogP contribution in [-0.2, 0) is 0 Å². The third-order valence-electron chi connectivity index (χ3n) is 5.30. The molecule has 1 aliphatic rings. The van der Waals surface area contributed by atoms with Crippen molar-refractivity contribution in [3.05, 3.63) is 57.3 Å². The van der Waals surface area contributed by atoms with Crippen LogP contribution in [0.2, 0.25) is 0 Å². The number of thiophene rings is 1. The van der Waals surface area contributed by atoms with Crippen LogP contribution in [0.4, 0.5) is 18.0 Å². The molecular formula is C20H19F3N6O3S. The van der Waals surface area contributed by atoms with Crippen LogP contribution in [0.25, 0.3) is 5.95 Å². The van der Waals surface area contributed by atoms with Gasteiger partial charge < -0.3 is 15.7 Å². The van der Waals surface area contributed by atoms with Gasteiger partial charge in [0.25, 0.3) is 5.95 Å². The normalized spacial score (nSPS) is 23.2. The van der Waals surface area contributed by atoms with Gasteiger partial charge >= 0.3 is 12.2 Å². The zero-order valence-corrected chi connectivity index (χ0v) is 18.5. The van der Waals surface area contributed by atoms with Crippen LogP contribution in [-0.4, -0.2) is 48.6 Å². The molecule has 3 atom stereocenters. The van der Waals surface area contributed by atoms with E-state index >= 15 is 0 Å². The second kappa shape index (κ2) is 7.92. The summed E-state index contributed by atoms with van der Waals surface area (Å²) < 4.78 is 43.3. The van der Waals surface area contributed by atoms with Crippen LogP contribution in [0.15, 0.2) is 29.8 Å². The second-order valence-corrected chi connectivity index (χ2v) is 8.67.